The fraction of sp³-hybridized carbons (Fsp3) is 0.556. The van der Waals surface area contributed by atoms with Gasteiger partial charge in [-0.25, -0.2) is 4.39 Å². The molecule has 0 unspecified atom stereocenters. The van der Waals surface area contributed by atoms with Crippen molar-refractivity contribution in [1.82, 2.24) is 10.6 Å². The summed E-state index contributed by atoms with van der Waals surface area (Å²) in [6, 6.07) is 6.01. The molecule has 1 aromatic carbocycles. The highest BCUT2D eigenvalue weighted by Crippen LogP contribution is 2.34. The molecule has 1 aliphatic rings. The lowest BCUT2D eigenvalue weighted by atomic mass is 9.74. The average molecular weight is 336 g/mol. The number of carbonyl (C=O) groups is 2. The number of methoxy groups -OCH3 is 1. The maximum Gasteiger partial charge on any atom is 0.310 e. The highest BCUT2D eigenvalue weighted by molar-refractivity contribution is 5.78. The summed E-state index contributed by atoms with van der Waals surface area (Å²) in [5.41, 5.74) is 0.402. The van der Waals surface area contributed by atoms with E-state index >= 15 is 0 Å². The molecule has 1 aromatic rings. The van der Waals surface area contributed by atoms with Gasteiger partial charge in [0.1, 0.15) is 5.82 Å². The topological polar surface area (TPSA) is 67.4 Å². The van der Waals surface area contributed by atoms with E-state index in [1.165, 1.54) is 19.2 Å². The van der Waals surface area contributed by atoms with Gasteiger partial charge in [-0.05, 0) is 37.5 Å². The third kappa shape index (κ3) is 4.77. The fourth-order valence-corrected chi connectivity index (χ4v) is 3.21. The van der Waals surface area contributed by atoms with E-state index in [0.717, 1.165) is 31.2 Å². The summed E-state index contributed by atoms with van der Waals surface area (Å²) in [4.78, 5) is 24.0. The third-order valence-electron chi connectivity index (χ3n) is 4.75. The molecule has 2 atom stereocenters. The maximum absolute atomic E-state index is 12.9. The summed E-state index contributed by atoms with van der Waals surface area (Å²) < 4.78 is 17.7. The van der Waals surface area contributed by atoms with Gasteiger partial charge in [-0.1, -0.05) is 25.0 Å². The van der Waals surface area contributed by atoms with Crippen molar-refractivity contribution in [2.45, 2.75) is 44.7 Å². The molecule has 1 aliphatic carbocycles. The van der Waals surface area contributed by atoms with Crippen molar-refractivity contribution in [2.75, 3.05) is 13.7 Å². The lowest BCUT2D eigenvalue weighted by Gasteiger charge is -2.40. The Morgan fingerprint density at radius 2 is 2.00 bits per heavy atom. The molecule has 132 valence electrons. The van der Waals surface area contributed by atoms with Crippen LogP contribution in [0.3, 0.4) is 0 Å². The first-order valence-electron chi connectivity index (χ1n) is 8.28. The first-order valence-corrected chi connectivity index (χ1v) is 8.28. The molecule has 1 amide bonds. The van der Waals surface area contributed by atoms with Gasteiger partial charge in [0.25, 0.3) is 0 Å². The van der Waals surface area contributed by atoms with Crippen LogP contribution >= 0.6 is 0 Å². The molecule has 5 nitrogen and oxygen atoms in total. The molecule has 2 rings (SSSR count). The molecule has 0 aliphatic heterocycles. The molecule has 1 fully saturated rings. The van der Waals surface area contributed by atoms with E-state index in [0.29, 0.717) is 6.54 Å². The van der Waals surface area contributed by atoms with Gasteiger partial charge < -0.3 is 15.4 Å². The zero-order chi connectivity index (χ0) is 17.6. The Balaban J connectivity index is 1.84. The SMILES string of the molecule is COC(=O)[C@@H]1CCCC[C@]1(C)NCC(=O)NCc1ccc(F)cc1. The molecule has 0 aromatic heterocycles. The molecule has 0 radical (unpaired) electrons. The van der Waals surface area contributed by atoms with Crippen LogP contribution in [0, 0.1) is 11.7 Å². The monoisotopic (exact) mass is 336 g/mol. The minimum absolute atomic E-state index is 0.130. The molecule has 24 heavy (non-hydrogen) atoms. The van der Waals surface area contributed by atoms with Gasteiger partial charge in [0.2, 0.25) is 5.91 Å². The Morgan fingerprint density at radius 3 is 2.67 bits per heavy atom. The normalized spacial score (nSPS) is 23.5. The van der Waals surface area contributed by atoms with Crippen molar-refractivity contribution in [2.24, 2.45) is 5.92 Å². The second-order valence-electron chi connectivity index (χ2n) is 6.50. The number of carbonyl (C=O) groups excluding carboxylic acids is 2. The summed E-state index contributed by atoms with van der Waals surface area (Å²) >= 11 is 0. The van der Waals surface area contributed by atoms with Gasteiger partial charge >= 0.3 is 5.97 Å². The predicted octanol–water partition coefficient (Wildman–Crippen LogP) is 2.15. The molecular weight excluding hydrogens is 311 g/mol. The van der Waals surface area contributed by atoms with Crippen LogP contribution in [0.2, 0.25) is 0 Å². The number of halogens is 1. The van der Waals surface area contributed by atoms with E-state index in [1.54, 1.807) is 12.1 Å². The minimum atomic E-state index is -0.432. The zero-order valence-electron chi connectivity index (χ0n) is 14.2. The molecule has 2 N–H and O–H groups in total. The van der Waals surface area contributed by atoms with E-state index in [4.69, 9.17) is 4.74 Å². The molecule has 6 heteroatoms. The van der Waals surface area contributed by atoms with Crippen LogP contribution in [-0.2, 0) is 20.9 Å². The third-order valence-corrected chi connectivity index (χ3v) is 4.75. The maximum atomic E-state index is 12.9. The van der Waals surface area contributed by atoms with Crippen LogP contribution < -0.4 is 10.6 Å². The van der Waals surface area contributed by atoms with Crippen LogP contribution in [0.15, 0.2) is 24.3 Å². The number of hydrogen-bond acceptors (Lipinski definition) is 4. The first kappa shape index (κ1) is 18.4. The van der Waals surface area contributed by atoms with Gasteiger partial charge in [0, 0.05) is 12.1 Å². The highest BCUT2D eigenvalue weighted by Gasteiger charge is 2.41. The predicted molar refractivity (Wildman–Crippen MR) is 88.6 cm³/mol. The van der Waals surface area contributed by atoms with Crippen molar-refractivity contribution in [3.63, 3.8) is 0 Å². The van der Waals surface area contributed by atoms with E-state index in [1.807, 2.05) is 6.92 Å². The molecule has 0 saturated heterocycles. The van der Waals surface area contributed by atoms with E-state index in [2.05, 4.69) is 10.6 Å². The number of ether oxygens (including phenoxy) is 1. The van der Waals surface area contributed by atoms with Crippen LogP contribution in [-0.4, -0.2) is 31.1 Å². The quantitative estimate of drug-likeness (QED) is 0.781. The van der Waals surface area contributed by atoms with Gasteiger partial charge in [-0.15, -0.1) is 0 Å². The fourth-order valence-electron chi connectivity index (χ4n) is 3.21. The number of rotatable bonds is 6. The molecule has 0 spiro atoms. The van der Waals surface area contributed by atoms with E-state index < -0.39 is 5.54 Å². The van der Waals surface area contributed by atoms with Gasteiger partial charge in [-0.3, -0.25) is 9.59 Å². The standard InChI is InChI=1S/C18H25FN2O3/c1-18(10-4-3-5-15(18)17(23)24-2)21-12-16(22)20-11-13-6-8-14(19)9-7-13/h6-9,15,21H,3-5,10-12H2,1-2H3,(H,20,22)/t15-,18-/m0/s1. The summed E-state index contributed by atoms with van der Waals surface area (Å²) in [5.74, 6) is -0.918. The smallest absolute Gasteiger partial charge is 0.310 e. The first-order chi connectivity index (χ1) is 11.4. The zero-order valence-corrected chi connectivity index (χ0v) is 14.2. The van der Waals surface area contributed by atoms with Gasteiger partial charge in [-0.2, -0.15) is 0 Å². The van der Waals surface area contributed by atoms with Crippen molar-refractivity contribution in [3.05, 3.63) is 35.6 Å². The lowest BCUT2D eigenvalue weighted by Crippen LogP contribution is -2.55. The number of esters is 1. The molecule has 0 bridgehead atoms. The van der Waals surface area contributed by atoms with Crippen LogP contribution in [0.5, 0.6) is 0 Å². The van der Waals surface area contributed by atoms with Crippen LogP contribution in [0.4, 0.5) is 4.39 Å². The number of benzene rings is 1. The lowest BCUT2D eigenvalue weighted by molar-refractivity contribution is -0.150. The average Bonchev–Trinajstić information content (AvgIpc) is 2.59. The van der Waals surface area contributed by atoms with Crippen molar-refractivity contribution in [1.29, 1.82) is 0 Å². The molecule has 0 heterocycles. The van der Waals surface area contributed by atoms with Crippen molar-refractivity contribution < 1.29 is 18.7 Å². The minimum Gasteiger partial charge on any atom is -0.469 e. The van der Waals surface area contributed by atoms with Gasteiger partial charge in [0.05, 0.1) is 19.6 Å². The highest BCUT2D eigenvalue weighted by atomic mass is 19.1. The van der Waals surface area contributed by atoms with Crippen molar-refractivity contribution >= 4 is 11.9 Å². The van der Waals surface area contributed by atoms with Crippen LogP contribution in [0.1, 0.15) is 38.2 Å². The molecule has 1 saturated carbocycles. The Bertz CT molecular complexity index is 576. The Hall–Kier alpha value is -1.95. The second kappa shape index (κ2) is 8.24. The number of nitrogens with one attached hydrogen (secondary N) is 2. The number of hydrogen-bond donors (Lipinski definition) is 2. The Kier molecular flexibility index (Phi) is 6.31. The Morgan fingerprint density at radius 1 is 1.29 bits per heavy atom. The summed E-state index contributed by atoms with van der Waals surface area (Å²) in [6.45, 7) is 2.45. The summed E-state index contributed by atoms with van der Waals surface area (Å²) in [7, 11) is 1.40. The van der Waals surface area contributed by atoms with Gasteiger partial charge in [0.15, 0.2) is 0 Å². The van der Waals surface area contributed by atoms with Crippen molar-refractivity contribution in [3.8, 4) is 0 Å². The van der Waals surface area contributed by atoms with E-state index in [-0.39, 0.29) is 30.2 Å². The largest absolute Gasteiger partial charge is 0.469 e. The second-order valence-corrected chi connectivity index (χ2v) is 6.50. The van der Waals surface area contributed by atoms with Crippen LogP contribution in [0.25, 0.3) is 0 Å². The van der Waals surface area contributed by atoms with E-state index in [9.17, 15) is 14.0 Å². The molecular formula is C18H25FN2O3. The Labute approximate surface area is 142 Å². The summed E-state index contributed by atoms with van der Waals surface area (Å²) in [5, 5.41) is 6.03. The summed E-state index contributed by atoms with van der Waals surface area (Å²) in [6.07, 6.45) is 3.62. The number of amides is 1.